The van der Waals surface area contributed by atoms with Crippen molar-refractivity contribution in [3.8, 4) is 17.0 Å². The Balaban J connectivity index is 2.29. The normalized spacial score (nSPS) is 12.0. The van der Waals surface area contributed by atoms with Gasteiger partial charge in [0.2, 0.25) is 5.91 Å². The highest BCUT2D eigenvalue weighted by molar-refractivity contribution is 5.79. The minimum absolute atomic E-state index is 0.119. The SMILES string of the molecule is CCOc1ccc(-c2cn([C@@H](C)C(=O)NC)nn2)cc1CO. The molecule has 1 atom stereocenters. The van der Waals surface area contributed by atoms with Gasteiger partial charge in [-0.2, -0.15) is 0 Å². The number of nitrogens with one attached hydrogen (secondary N) is 1. The highest BCUT2D eigenvalue weighted by atomic mass is 16.5. The van der Waals surface area contributed by atoms with Crippen LogP contribution in [0.1, 0.15) is 25.5 Å². The fourth-order valence-electron chi connectivity index (χ4n) is 2.09. The van der Waals surface area contributed by atoms with Gasteiger partial charge in [0.15, 0.2) is 0 Å². The summed E-state index contributed by atoms with van der Waals surface area (Å²) in [4.78, 5) is 11.6. The number of aliphatic hydroxyl groups is 1. The monoisotopic (exact) mass is 304 g/mol. The lowest BCUT2D eigenvalue weighted by molar-refractivity contribution is -0.123. The minimum Gasteiger partial charge on any atom is -0.494 e. The summed E-state index contributed by atoms with van der Waals surface area (Å²) < 4.78 is 6.96. The van der Waals surface area contributed by atoms with Crippen LogP contribution in [0.15, 0.2) is 24.4 Å². The highest BCUT2D eigenvalue weighted by Crippen LogP contribution is 2.26. The number of nitrogens with zero attached hydrogens (tertiary/aromatic N) is 3. The molecule has 0 saturated heterocycles. The van der Waals surface area contributed by atoms with Crippen molar-refractivity contribution in [2.75, 3.05) is 13.7 Å². The lowest BCUT2D eigenvalue weighted by Crippen LogP contribution is -2.28. The van der Waals surface area contributed by atoms with E-state index in [1.807, 2.05) is 19.1 Å². The minimum atomic E-state index is -0.439. The Bertz CT molecular complexity index is 654. The molecule has 7 heteroatoms. The van der Waals surface area contributed by atoms with Gasteiger partial charge in [0.05, 0.1) is 19.4 Å². The van der Waals surface area contributed by atoms with Crippen LogP contribution in [-0.2, 0) is 11.4 Å². The molecule has 1 amide bonds. The van der Waals surface area contributed by atoms with Crippen molar-refractivity contribution < 1.29 is 14.6 Å². The van der Waals surface area contributed by atoms with Gasteiger partial charge >= 0.3 is 0 Å². The quantitative estimate of drug-likeness (QED) is 0.835. The van der Waals surface area contributed by atoms with E-state index in [0.29, 0.717) is 23.6 Å². The lowest BCUT2D eigenvalue weighted by atomic mass is 10.1. The molecule has 0 spiro atoms. The molecule has 0 fully saturated rings. The molecule has 7 nitrogen and oxygen atoms in total. The average molecular weight is 304 g/mol. The van der Waals surface area contributed by atoms with Gasteiger partial charge in [0.25, 0.3) is 0 Å². The standard InChI is InChI=1S/C15H20N4O3/c1-4-22-14-6-5-11(7-12(14)9-20)13-8-19(18-17-13)10(2)15(21)16-3/h5-8,10,20H,4,9H2,1-3H3,(H,16,21)/t10-/m0/s1. The number of rotatable bonds is 6. The molecule has 22 heavy (non-hydrogen) atoms. The Kier molecular flexibility index (Phi) is 5.11. The summed E-state index contributed by atoms with van der Waals surface area (Å²) in [6.45, 7) is 4.05. The molecule has 0 aliphatic carbocycles. The van der Waals surface area contributed by atoms with Crippen molar-refractivity contribution in [2.24, 2.45) is 0 Å². The van der Waals surface area contributed by atoms with Crippen LogP contribution in [0.2, 0.25) is 0 Å². The number of aliphatic hydroxyl groups excluding tert-OH is 1. The lowest BCUT2D eigenvalue weighted by Gasteiger charge is -2.09. The molecule has 0 aliphatic heterocycles. The largest absolute Gasteiger partial charge is 0.494 e. The number of amides is 1. The van der Waals surface area contributed by atoms with Gasteiger partial charge in [0, 0.05) is 18.2 Å². The molecule has 1 heterocycles. The number of likely N-dealkylation sites (N-methyl/N-ethyl adjacent to an activating group) is 1. The van der Waals surface area contributed by atoms with E-state index >= 15 is 0 Å². The molecule has 0 unspecified atom stereocenters. The summed E-state index contributed by atoms with van der Waals surface area (Å²) in [5.41, 5.74) is 2.13. The van der Waals surface area contributed by atoms with E-state index < -0.39 is 6.04 Å². The van der Waals surface area contributed by atoms with Crippen molar-refractivity contribution in [3.05, 3.63) is 30.0 Å². The second-order valence-electron chi connectivity index (χ2n) is 4.79. The maximum Gasteiger partial charge on any atom is 0.244 e. The van der Waals surface area contributed by atoms with Crippen LogP contribution in [0.25, 0.3) is 11.3 Å². The van der Waals surface area contributed by atoms with Crippen LogP contribution >= 0.6 is 0 Å². The van der Waals surface area contributed by atoms with Crippen molar-refractivity contribution in [3.63, 3.8) is 0 Å². The Morgan fingerprint density at radius 3 is 2.91 bits per heavy atom. The van der Waals surface area contributed by atoms with Gasteiger partial charge in [-0.05, 0) is 32.0 Å². The zero-order valence-corrected chi connectivity index (χ0v) is 12.9. The molecule has 118 valence electrons. The maximum absolute atomic E-state index is 11.6. The zero-order chi connectivity index (χ0) is 16.1. The maximum atomic E-state index is 11.6. The second-order valence-corrected chi connectivity index (χ2v) is 4.79. The van der Waals surface area contributed by atoms with E-state index in [9.17, 15) is 9.90 Å². The Morgan fingerprint density at radius 1 is 1.50 bits per heavy atom. The first kappa shape index (κ1) is 16.0. The Hall–Kier alpha value is -2.41. The molecule has 2 aromatic rings. The third-order valence-electron chi connectivity index (χ3n) is 3.36. The van der Waals surface area contributed by atoms with Gasteiger partial charge in [-0.25, -0.2) is 4.68 Å². The highest BCUT2D eigenvalue weighted by Gasteiger charge is 2.16. The molecule has 0 saturated carbocycles. The van der Waals surface area contributed by atoms with E-state index in [-0.39, 0.29) is 12.5 Å². The van der Waals surface area contributed by atoms with Crippen molar-refractivity contribution in [1.82, 2.24) is 20.3 Å². The molecule has 1 aromatic carbocycles. The van der Waals surface area contributed by atoms with E-state index in [1.165, 1.54) is 4.68 Å². The molecule has 0 bridgehead atoms. The van der Waals surface area contributed by atoms with Gasteiger partial charge in [-0.15, -0.1) is 5.10 Å². The number of hydrogen-bond donors (Lipinski definition) is 2. The molecule has 0 radical (unpaired) electrons. The topological polar surface area (TPSA) is 89.3 Å². The van der Waals surface area contributed by atoms with Gasteiger partial charge < -0.3 is 15.2 Å². The number of ether oxygens (including phenoxy) is 1. The third-order valence-corrected chi connectivity index (χ3v) is 3.36. The number of benzene rings is 1. The summed E-state index contributed by atoms with van der Waals surface area (Å²) in [6.07, 6.45) is 1.71. The predicted octanol–water partition coefficient (Wildman–Crippen LogP) is 1.14. The van der Waals surface area contributed by atoms with E-state index in [2.05, 4.69) is 15.6 Å². The second kappa shape index (κ2) is 7.04. The average Bonchev–Trinajstić information content (AvgIpc) is 3.04. The summed E-state index contributed by atoms with van der Waals surface area (Å²) in [5, 5.41) is 20.1. The first-order valence-electron chi connectivity index (χ1n) is 7.11. The van der Waals surface area contributed by atoms with Crippen LogP contribution in [0, 0.1) is 0 Å². The summed E-state index contributed by atoms with van der Waals surface area (Å²) in [7, 11) is 1.58. The number of carbonyl (C=O) groups excluding carboxylic acids is 1. The van der Waals surface area contributed by atoms with Gasteiger partial charge in [-0.1, -0.05) is 5.21 Å². The summed E-state index contributed by atoms with van der Waals surface area (Å²) in [5.74, 6) is 0.513. The van der Waals surface area contributed by atoms with Crippen LogP contribution in [-0.4, -0.2) is 39.7 Å². The summed E-state index contributed by atoms with van der Waals surface area (Å²) in [6, 6.07) is 5.02. The molecule has 2 N–H and O–H groups in total. The zero-order valence-electron chi connectivity index (χ0n) is 12.9. The summed E-state index contributed by atoms with van der Waals surface area (Å²) >= 11 is 0. The molecule has 1 aromatic heterocycles. The first-order chi connectivity index (χ1) is 10.6. The number of aromatic nitrogens is 3. The molecule has 0 aliphatic rings. The first-order valence-corrected chi connectivity index (χ1v) is 7.11. The van der Waals surface area contributed by atoms with E-state index in [4.69, 9.17) is 4.74 Å². The van der Waals surface area contributed by atoms with Crippen LogP contribution in [0.5, 0.6) is 5.75 Å². The smallest absolute Gasteiger partial charge is 0.244 e. The van der Waals surface area contributed by atoms with Crippen LogP contribution < -0.4 is 10.1 Å². The number of carbonyl (C=O) groups is 1. The molecular weight excluding hydrogens is 284 g/mol. The van der Waals surface area contributed by atoms with Crippen molar-refractivity contribution >= 4 is 5.91 Å². The van der Waals surface area contributed by atoms with Crippen molar-refractivity contribution in [1.29, 1.82) is 0 Å². The van der Waals surface area contributed by atoms with E-state index in [0.717, 1.165) is 5.56 Å². The van der Waals surface area contributed by atoms with Gasteiger partial charge in [0.1, 0.15) is 17.5 Å². The van der Waals surface area contributed by atoms with Crippen LogP contribution in [0.3, 0.4) is 0 Å². The fraction of sp³-hybridized carbons (Fsp3) is 0.400. The Labute approximate surface area is 128 Å². The third kappa shape index (κ3) is 3.25. The predicted molar refractivity (Wildman–Crippen MR) is 81.3 cm³/mol. The van der Waals surface area contributed by atoms with Crippen molar-refractivity contribution in [2.45, 2.75) is 26.5 Å². The molecule has 2 rings (SSSR count). The molecular formula is C15H20N4O3. The van der Waals surface area contributed by atoms with Crippen LogP contribution in [0.4, 0.5) is 0 Å². The fourth-order valence-corrected chi connectivity index (χ4v) is 2.09. The number of hydrogen-bond acceptors (Lipinski definition) is 5. The van der Waals surface area contributed by atoms with Gasteiger partial charge in [-0.3, -0.25) is 4.79 Å². The van der Waals surface area contributed by atoms with E-state index in [1.54, 1.807) is 26.2 Å². The Morgan fingerprint density at radius 2 is 2.27 bits per heavy atom.